The minimum Gasteiger partial charge on any atom is -0.352 e. The first-order chi connectivity index (χ1) is 12.3. The number of benzene rings is 1. The van der Waals surface area contributed by atoms with E-state index in [1.165, 1.54) is 6.42 Å². The lowest BCUT2D eigenvalue weighted by atomic mass is 9.78. The minimum atomic E-state index is -1.13. The topological polar surface area (TPSA) is 78.5 Å². The first-order valence-corrected chi connectivity index (χ1v) is 9.32. The van der Waals surface area contributed by atoms with Crippen LogP contribution >= 0.6 is 0 Å². The van der Waals surface area contributed by atoms with Crippen molar-refractivity contribution in [2.24, 2.45) is 11.8 Å². The number of nitrogens with zero attached hydrogens (tertiary/aromatic N) is 1. The van der Waals surface area contributed by atoms with E-state index in [9.17, 15) is 14.4 Å². The summed E-state index contributed by atoms with van der Waals surface area (Å²) in [6.45, 7) is 5.77. The van der Waals surface area contributed by atoms with Crippen LogP contribution in [0.4, 0.5) is 4.79 Å². The Morgan fingerprint density at radius 2 is 1.92 bits per heavy atom. The lowest BCUT2D eigenvalue weighted by Crippen LogP contribution is -2.48. The van der Waals surface area contributed by atoms with Crippen molar-refractivity contribution in [3.8, 4) is 0 Å². The van der Waals surface area contributed by atoms with Crippen LogP contribution < -0.4 is 10.6 Å². The molecule has 1 saturated heterocycles. The van der Waals surface area contributed by atoms with E-state index in [4.69, 9.17) is 0 Å². The average Bonchev–Trinajstić information content (AvgIpc) is 2.84. The molecule has 1 aliphatic heterocycles. The monoisotopic (exact) mass is 357 g/mol. The average molecular weight is 357 g/mol. The Balaban J connectivity index is 1.67. The predicted octanol–water partition coefficient (Wildman–Crippen LogP) is 2.39. The van der Waals surface area contributed by atoms with Crippen LogP contribution in [0.1, 0.15) is 45.6 Å². The van der Waals surface area contributed by atoms with Gasteiger partial charge in [0.25, 0.3) is 5.91 Å². The Morgan fingerprint density at radius 1 is 1.23 bits per heavy atom. The number of nitrogens with one attached hydrogen (secondary N) is 2. The fourth-order valence-electron chi connectivity index (χ4n) is 3.99. The van der Waals surface area contributed by atoms with Gasteiger partial charge in [-0.3, -0.25) is 14.5 Å². The SMILES string of the molecule is C[C@@H]1[C@H](C)CCC[C@@H]1NC(=O)CN1C(=O)N[C@](C)(c2ccccc2)C1=O. The van der Waals surface area contributed by atoms with Crippen LogP contribution in [0, 0.1) is 11.8 Å². The van der Waals surface area contributed by atoms with Crippen molar-refractivity contribution in [1.82, 2.24) is 15.5 Å². The Bertz CT molecular complexity index is 706. The molecule has 2 N–H and O–H groups in total. The summed E-state index contributed by atoms with van der Waals surface area (Å²) in [5.74, 6) is 0.281. The number of rotatable bonds is 4. The number of hydrogen-bond donors (Lipinski definition) is 2. The van der Waals surface area contributed by atoms with Crippen molar-refractivity contribution in [3.63, 3.8) is 0 Å². The third-order valence-electron chi connectivity index (χ3n) is 5.98. The van der Waals surface area contributed by atoms with Crippen LogP contribution in [0.25, 0.3) is 0 Å². The van der Waals surface area contributed by atoms with Gasteiger partial charge in [-0.15, -0.1) is 0 Å². The van der Waals surface area contributed by atoms with E-state index >= 15 is 0 Å². The van der Waals surface area contributed by atoms with E-state index in [0.717, 1.165) is 17.7 Å². The molecule has 6 nitrogen and oxygen atoms in total. The molecule has 4 amide bonds. The Hall–Kier alpha value is -2.37. The van der Waals surface area contributed by atoms with Gasteiger partial charge in [0.15, 0.2) is 0 Å². The van der Waals surface area contributed by atoms with Crippen LogP contribution in [0.3, 0.4) is 0 Å². The second kappa shape index (κ2) is 7.09. The van der Waals surface area contributed by atoms with Gasteiger partial charge in [0.2, 0.25) is 5.91 Å². The maximum atomic E-state index is 12.8. The fourth-order valence-corrected chi connectivity index (χ4v) is 3.99. The maximum Gasteiger partial charge on any atom is 0.325 e. The molecule has 0 spiro atoms. The lowest BCUT2D eigenvalue weighted by molar-refractivity contribution is -0.135. The summed E-state index contributed by atoms with van der Waals surface area (Å²) in [6, 6.07) is 8.67. The van der Waals surface area contributed by atoms with Crippen molar-refractivity contribution < 1.29 is 14.4 Å². The highest BCUT2D eigenvalue weighted by Gasteiger charge is 2.49. The third-order valence-corrected chi connectivity index (χ3v) is 5.98. The maximum absolute atomic E-state index is 12.8. The highest BCUT2D eigenvalue weighted by molar-refractivity contribution is 6.09. The molecule has 3 rings (SSSR count). The number of carbonyl (C=O) groups is 3. The van der Waals surface area contributed by atoms with Gasteiger partial charge in [0.1, 0.15) is 12.1 Å². The fraction of sp³-hybridized carbons (Fsp3) is 0.550. The lowest BCUT2D eigenvalue weighted by Gasteiger charge is -2.34. The van der Waals surface area contributed by atoms with E-state index in [0.29, 0.717) is 17.4 Å². The third kappa shape index (κ3) is 3.32. The summed E-state index contributed by atoms with van der Waals surface area (Å²) in [6.07, 6.45) is 3.21. The van der Waals surface area contributed by atoms with Crippen LogP contribution in [-0.4, -0.2) is 35.3 Å². The zero-order chi connectivity index (χ0) is 18.9. The summed E-state index contributed by atoms with van der Waals surface area (Å²) in [5.41, 5.74) is -0.429. The van der Waals surface area contributed by atoms with Gasteiger partial charge in [-0.25, -0.2) is 4.79 Å². The van der Waals surface area contributed by atoms with Crippen molar-refractivity contribution >= 4 is 17.8 Å². The summed E-state index contributed by atoms with van der Waals surface area (Å²) < 4.78 is 0. The molecule has 26 heavy (non-hydrogen) atoms. The Morgan fingerprint density at radius 3 is 2.62 bits per heavy atom. The standard InChI is InChI=1S/C20H27N3O3/c1-13-8-7-11-16(14(13)2)21-17(24)12-23-18(25)20(3,22-19(23)26)15-9-5-4-6-10-15/h4-6,9-10,13-14,16H,7-8,11-12H2,1-3H3,(H,21,24)(H,22,26)/t13-,14-,16+,20-/m1/s1. The summed E-state index contributed by atoms with van der Waals surface area (Å²) in [7, 11) is 0. The smallest absolute Gasteiger partial charge is 0.325 e. The first kappa shape index (κ1) is 18.4. The number of carbonyl (C=O) groups excluding carboxylic acids is 3. The largest absolute Gasteiger partial charge is 0.352 e. The van der Waals surface area contributed by atoms with E-state index in [-0.39, 0.29) is 18.5 Å². The van der Waals surface area contributed by atoms with E-state index in [1.807, 2.05) is 18.2 Å². The number of hydrogen-bond acceptors (Lipinski definition) is 3. The highest BCUT2D eigenvalue weighted by atomic mass is 16.2. The molecule has 1 aromatic rings. The van der Waals surface area contributed by atoms with Crippen molar-refractivity contribution in [1.29, 1.82) is 0 Å². The zero-order valence-electron chi connectivity index (χ0n) is 15.6. The van der Waals surface area contributed by atoms with Gasteiger partial charge in [0, 0.05) is 6.04 Å². The zero-order valence-corrected chi connectivity index (χ0v) is 15.6. The highest BCUT2D eigenvalue weighted by Crippen LogP contribution is 2.30. The molecule has 2 fully saturated rings. The van der Waals surface area contributed by atoms with Gasteiger partial charge in [-0.05, 0) is 30.7 Å². The van der Waals surface area contributed by atoms with E-state index in [1.54, 1.807) is 19.1 Å². The van der Waals surface area contributed by atoms with Crippen LogP contribution in [0.5, 0.6) is 0 Å². The van der Waals surface area contributed by atoms with Crippen molar-refractivity contribution in [2.45, 2.75) is 51.6 Å². The summed E-state index contributed by atoms with van der Waals surface area (Å²) >= 11 is 0. The van der Waals surface area contributed by atoms with Crippen LogP contribution in [0.15, 0.2) is 30.3 Å². The van der Waals surface area contributed by atoms with Gasteiger partial charge < -0.3 is 10.6 Å². The van der Waals surface area contributed by atoms with Gasteiger partial charge in [0.05, 0.1) is 0 Å². The molecule has 6 heteroatoms. The number of urea groups is 1. The van der Waals surface area contributed by atoms with Crippen LogP contribution in [-0.2, 0) is 15.1 Å². The summed E-state index contributed by atoms with van der Waals surface area (Å²) in [5, 5.41) is 5.75. The molecule has 1 aromatic carbocycles. The molecular weight excluding hydrogens is 330 g/mol. The molecule has 140 valence electrons. The molecule has 4 atom stereocenters. The normalized spacial score (nSPS) is 31.7. The van der Waals surface area contributed by atoms with Gasteiger partial charge in [-0.2, -0.15) is 0 Å². The Labute approximate surface area is 154 Å². The first-order valence-electron chi connectivity index (χ1n) is 9.32. The molecule has 0 unspecified atom stereocenters. The molecule has 0 bridgehead atoms. The predicted molar refractivity (Wildman–Crippen MR) is 98.1 cm³/mol. The van der Waals surface area contributed by atoms with Crippen LogP contribution in [0.2, 0.25) is 0 Å². The van der Waals surface area contributed by atoms with E-state index < -0.39 is 17.5 Å². The molecule has 1 saturated carbocycles. The number of amides is 4. The molecular formula is C20H27N3O3. The van der Waals surface area contributed by atoms with E-state index in [2.05, 4.69) is 24.5 Å². The number of imide groups is 1. The second-order valence-electron chi connectivity index (χ2n) is 7.75. The minimum absolute atomic E-state index is 0.104. The molecule has 0 radical (unpaired) electrons. The Kier molecular flexibility index (Phi) is 5.03. The van der Waals surface area contributed by atoms with Crippen molar-refractivity contribution in [3.05, 3.63) is 35.9 Å². The molecule has 0 aromatic heterocycles. The van der Waals surface area contributed by atoms with Gasteiger partial charge >= 0.3 is 6.03 Å². The van der Waals surface area contributed by atoms with Gasteiger partial charge in [-0.1, -0.05) is 57.0 Å². The summed E-state index contributed by atoms with van der Waals surface area (Å²) in [4.78, 5) is 38.7. The molecule has 1 heterocycles. The molecule has 1 aliphatic carbocycles. The quantitative estimate of drug-likeness (QED) is 0.812. The molecule has 2 aliphatic rings. The van der Waals surface area contributed by atoms with Crippen molar-refractivity contribution in [2.75, 3.05) is 6.54 Å². The second-order valence-corrected chi connectivity index (χ2v) is 7.75.